The number of nitrogens with zero attached hydrogens (tertiary/aromatic N) is 2. The molecule has 0 aliphatic rings. The molecule has 33 heavy (non-hydrogen) atoms. The molecule has 1 heterocycles. The van der Waals surface area contributed by atoms with Crippen molar-refractivity contribution < 1.29 is 14.3 Å². The van der Waals surface area contributed by atoms with Crippen LogP contribution in [0.25, 0.3) is 16.7 Å². The lowest BCUT2D eigenvalue weighted by molar-refractivity contribution is -0.153. The average molecular weight is 482 g/mol. The molecule has 1 unspecified atom stereocenters. The van der Waals surface area contributed by atoms with Crippen LogP contribution in [0.5, 0.6) is 0 Å². The zero-order valence-corrected chi connectivity index (χ0v) is 19.3. The number of hydrogen-bond acceptors (Lipinski definition) is 4. The summed E-state index contributed by atoms with van der Waals surface area (Å²) in [5.74, 6) is -0.257. The Bertz CT molecular complexity index is 1310. The van der Waals surface area contributed by atoms with Crippen LogP contribution >= 0.6 is 23.2 Å². The maximum Gasteiger partial charge on any atom is 0.307 e. The molecule has 6 nitrogen and oxygen atoms in total. The molecule has 4 rings (SSSR count). The number of imidazole rings is 1. The third-order valence-electron chi connectivity index (χ3n) is 5.06. The molecule has 0 saturated heterocycles. The number of carbonyl (C=O) groups excluding carboxylic acids is 2. The van der Waals surface area contributed by atoms with Gasteiger partial charge in [-0.15, -0.1) is 0 Å². The van der Waals surface area contributed by atoms with E-state index in [4.69, 9.17) is 32.9 Å². The first-order valence-corrected chi connectivity index (χ1v) is 11.1. The minimum absolute atomic E-state index is 0.0751. The molecule has 1 aromatic heterocycles. The summed E-state index contributed by atoms with van der Waals surface area (Å²) in [4.78, 5) is 29.6. The molecule has 0 aliphatic heterocycles. The molecular weight excluding hydrogens is 461 g/mol. The van der Waals surface area contributed by atoms with Gasteiger partial charge in [0.25, 0.3) is 5.91 Å². The summed E-state index contributed by atoms with van der Waals surface area (Å²) in [5, 5.41) is 3.40. The Morgan fingerprint density at radius 2 is 1.76 bits per heavy atom. The van der Waals surface area contributed by atoms with E-state index >= 15 is 0 Å². The van der Waals surface area contributed by atoms with Gasteiger partial charge in [-0.05, 0) is 49.4 Å². The van der Waals surface area contributed by atoms with Gasteiger partial charge in [-0.3, -0.25) is 14.2 Å². The monoisotopic (exact) mass is 481 g/mol. The number of ether oxygens (including phenoxy) is 1. The molecule has 0 fully saturated rings. The maximum absolute atomic E-state index is 12.5. The fourth-order valence-electron chi connectivity index (χ4n) is 3.46. The van der Waals surface area contributed by atoms with Crippen LogP contribution in [0.4, 0.5) is 5.69 Å². The Morgan fingerprint density at radius 3 is 2.55 bits per heavy atom. The first-order valence-electron chi connectivity index (χ1n) is 10.4. The van der Waals surface area contributed by atoms with E-state index in [1.807, 2.05) is 59.2 Å². The molecule has 8 heteroatoms. The van der Waals surface area contributed by atoms with Crippen LogP contribution in [0.2, 0.25) is 10.0 Å². The number of benzene rings is 3. The third kappa shape index (κ3) is 5.35. The minimum Gasteiger partial charge on any atom is -0.453 e. The Labute approximate surface area is 201 Å². The van der Waals surface area contributed by atoms with Gasteiger partial charge in [0.15, 0.2) is 6.10 Å². The van der Waals surface area contributed by atoms with Crippen LogP contribution < -0.4 is 5.32 Å². The van der Waals surface area contributed by atoms with Crippen LogP contribution in [0.1, 0.15) is 19.2 Å². The average Bonchev–Trinajstić information content (AvgIpc) is 3.19. The molecule has 0 bridgehead atoms. The van der Waals surface area contributed by atoms with Gasteiger partial charge in [-0.1, -0.05) is 53.5 Å². The second-order valence-corrected chi connectivity index (χ2v) is 8.28. The second kappa shape index (κ2) is 10.1. The summed E-state index contributed by atoms with van der Waals surface area (Å²) in [7, 11) is 0. The first kappa shape index (κ1) is 22.8. The maximum atomic E-state index is 12.5. The van der Waals surface area contributed by atoms with E-state index < -0.39 is 18.0 Å². The van der Waals surface area contributed by atoms with E-state index in [9.17, 15) is 9.59 Å². The summed E-state index contributed by atoms with van der Waals surface area (Å²) in [6.45, 7) is 1.50. The van der Waals surface area contributed by atoms with Gasteiger partial charge in [0, 0.05) is 17.1 Å². The summed E-state index contributed by atoms with van der Waals surface area (Å²) in [5.41, 5.74) is 3.11. The van der Waals surface area contributed by atoms with E-state index in [0.717, 1.165) is 22.5 Å². The molecular formula is C25H21Cl2N3O3. The van der Waals surface area contributed by atoms with Gasteiger partial charge in [0.05, 0.1) is 28.2 Å². The standard InChI is InChI=1S/C25H21Cl2N3O3/c1-16(25(32)29-21-15-17(26)11-12-19(21)27)33-24(31)14-13-23-28-20-9-5-6-10-22(20)30(23)18-7-3-2-4-8-18/h2-12,15-16H,13-14H2,1H3,(H,29,32). The van der Waals surface area contributed by atoms with Crippen LogP contribution in [-0.2, 0) is 20.7 Å². The fraction of sp³-hybridized carbons (Fsp3) is 0.160. The number of esters is 1. The number of hydrogen-bond donors (Lipinski definition) is 1. The van der Waals surface area contributed by atoms with Gasteiger partial charge in [0.2, 0.25) is 0 Å². The predicted octanol–water partition coefficient (Wildman–Crippen LogP) is 5.84. The van der Waals surface area contributed by atoms with Crippen molar-refractivity contribution >= 4 is 51.8 Å². The molecule has 168 valence electrons. The Morgan fingerprint density at radius 1 is 1.03 bits per heavy atom. The number of aromatic nitrogens is 2. The molecule has 4 aromatic rings. The molecule has 1 atom stereocenters. The molecule has 1 amide bonds. The second-order valence-electron chi connectivity index (χ2n) is 7.43. The van der Waals surface area contributed by atoms with E-state index in [2.05, 4.69) is 5.32 Å². The van der Waals surface area contributed by atoms with Crippen molar-refractivity contribution in [1.82, 2.24) is 9.55 Å². The van der Waals surface area contributed by atoms with Crippen molar-refractivity contribution in [3.8, 4) is 5.69 Å². The van der Waals surface area contributed by atoms with Crippen molar-refractivity contribution in [2.75, 3.05) is 5.32 Å². The Hall–Kier alpha value is -3.35. The number of anilines is 1. The van der Waals surface area contributed by atoms with Crippen LogP contribution in [0, 0.1) is 0 Å². The molecule has 0 aliphatic carbocycles. The number of fused-ring (bicyclic) bond motifs is 1. The Balaban J connectivity index is 1.43. The summed E-state index contributed by atoms with van der Waals surface area (Å²) in [6, 6.07) is 22.4. The number of para-hydroxylation sites is 3. The summed E-state index contributed by atoms with van der Waals surface area (Å²) in [6.07, 6.45) is -0.566. The number of aryl methyl sites for hydroxylation is 1. The summed E-state index contributed by atoms with van der Waals surface area (Å²) >= 11 is 12.0. The molecule has 0 spiro atoms. The van der Waals surface area contributed by atoms with Crippen molar-refractivity contribution in [3.05, 3.63) is 88.7 Å². The predicted molar refractivity (Wildman–Crippen MR) is 130 cm³/mol. The highest BCUT2D eigenvalue weighted by Crippen LogP contribution is 2.26. The fourth-order valence-corrected chi connectivity index (χ4v) is 3.80. The number of rotatable bonds is 7. The lowest BCUT2D eigenvalue weighted by Crippen LogP contribution is -2.30. The molecule has 0 radical (unpaired) electrons. The lowest BCUT2D eigenvalue weighted by atomic mass is 10.2. The van der Waals surface area contributed by atoms with Crippen LogP contribution in [0.15, 0.2) is 72.8 Å². The lowest BCUT2D eigenvalue weighted by Gasteiger charge is -2.14. The van der Waals surface area contributed by atoms with E-state index in [1.54, 1.807) is 12.1 Å². The van der Waals surface area contributed by atoms with Gasteiger partial charge in [-0.25, -0.2) is 4.98 Å². The third-order valence-corrected chi connectivity index (χ3v) is 5.63. The highest BCUT2D eigenvalue weighted by atomic mass is 35.5. The van der Waals surface area contributed by atoms with Gasteiger partial charge < -0.3 is 10.1 Å². The zero-order chi connectivity index (χ0) is 23.4. The number of halogens is 2. The normalized spacial score (nSPS) is 11.8. The molecule has 0 saturated carbocycles. The smallest absolute Gasteiger partial charge is 0.307 e. The van der Waals surface area contributed by atoms with E-state index in [-0.39, 0.29) is 6.42 Å². The van der Waals surface area contributed by atoms with Crippen LogP contribution in [0.3, 0.4) is 0 Å². The zero-order valence-electron chi connectivity index (χ0n) is 17.8. The summed E-state index contributed by atoms with van der Waals surface area (Å²) < 4.78 is 7.36. The molecule has 1 N–H and O–H groups in total. The van der Waals surface area contributed by atoms with Gasteiger partial charge in [0.1, 0.15) is 5.82 Å². The quantitative estimate of drug-likeness (QED) is 0.336. The number of nitrogens with one attached hydrogen (secondary N) is 1. The van der Waals surface area contributed by atoms with Crippen molar-refractivity contribution in [3.63, 3.8) is 0 Å². The Kier molecular flexibility index (Phi) is 6.96. The van der Waals surface area contributed by atoms with Crippen molar-refractivity contribution in [1.29, 1.82) is 0 Å². The first-order chi connectivity index (χ1) is 15.9. The van der Waals surface area contributed by atoms with Crippen molar-refractivity contribution in [2.24, 2.45) is 0 Å². The largest absolute Gasteiger partial charge is 0.453 e. The molecule has 3 aromatic carbocycles. The van der Waals surface area contributed by atoms with Crippen molar-refractivity contribution in [2.45, 2.75) is 25.9 Å². The van der Waals surface area contributed by atoms with Gasteiger partial charge >= 0.3 is 5.97 Å². The van der Waals surface area contributed by atoms with E-state index in [1.165, 1.54) is 13.0 Å². The minimum atomic E-state index is -1.000. The van der Waals surface area contributed by atoms with Crippen LogP contribution in [-0.4, -0.2) is 27.5 Å². The SMILES string of the molecule is CC(OC(=O)CCc1nc2ccccc2n1-c1ccccc1)C(=O)Nc1cc(Cl)ccc1Cl. The van der Waals surface area contributed by atoms with Gasteiger partial charge in [-0.2, -0.15) is 0 Å². The highest BCUT2D eigenvalue weighted by molar-refractivity contribution is 6.35. The van der Waals surface area contributed by atoms with E-state index in [0.29, 0.717) is 22.2 Å². The number of amides is 1. The number of carbonyl (C=O) groups is 2. The highest BCUT2D eigenvalue weighted by Gasteiger charge is 2.20. The topological polar surface area (TPSA) is 73.2 Å².